The van der Waals surface area contributed by atoms with Crippen molar-refractivity contribution in [3.63, 3.8) is 0 Å². The zero-order valence-corrected chi connectivity index (χ0v) is 20.7. The van der Waals surface area contributed by atoms with Crippen LogP contribution in [0, 0.1) is 5.92 Å². The van der Waals surface area contributed by atoms with Crippen molar-refractivity contribution in [3.8, 4) is 23.0 Å². The molecule has 0 aliphatic heterocycles. The largest absolute Gasteiger partial charge is 0.507 e. The van der Waals surface area contributed by atoms with Crippen molar-refractivity contribution in [2.45, 2.75) is 39.5 Å². The van der Waals surface area contributed by atoms with Crippen LogP contribution in [0.5, 0.6) is 23.0 Å². The molecule has 8 nitrogen and oxygen atoms in total. The number of aryl methyl sites for hydroxylation is 1. The maximum atomic E-state index is 13.3. The molecular formula is C26H36O8. The summed E-state index contributed by atoms with van der Waals surface area (Å²) in [7, 11) is 4.56. The number of phenolic OH excluding ortho intramolecular Hbond substituents is 1. The monoisotopic (exact) mass is 476 g/mol. The average Bonchev–Trinajstić information content (AvgIpc) is 2.83. The highest BCUT2D eigenvalue weighted by Gasteiger charge is 2.25. The maximum absolute atomic E-state index is 13.3. The first-order chi connectivity index (χ1) is 16.4. The molecule has 0 amide bonds. The van der Waals surface area contributed by atoms with Gasteiger partial charge in [-0.25, -0.2) is 0 Å². The molecule has 0 saturated carbocycles. The van der Waals surface area contributed by atoms with E-state index in [1.807, 2.05) is 24.3 Å². The molecule has 2 aromatic rings. The van der Waals surface area contributed by atoms with E-state index >= 15 is 0 Å². The normalized spacial score (nSPS) is 11.0. The maximum Gasteiger partial charge on any atom is 0.188 e. The topological polar surface area (TPSA) is 92.7 Å². The van der Waals surface area contributed by atoms with Crippen molar-refractivity contribution in [1.29, 1.82) is 0 Å². The summed E-state index contributed by atoms with van der Waals surface area (Å²) >= 11 is 0. The van der Waals surface area contributed by atoms with Crippen LogP contribution in [0.4, 0.5) is 0 Å². The van der Waals surface area contributed by atoms with Gasteiger partial charge in [0.05, 0.1) is 0 Å². The summed E-state index contributed by atoms with van der Waals surface area (Å²) in [6.45, 7) is 4.30. The van der Waals surface area contributed by atoms with Crippen LogP contribution in [0.15, 0.2) is 30.3 Å². The first-order valence-corrected chi connectivity index (χ1v) is 11.3. The Morgan fingerprint density at radius 2 is 1.44 bits per heavy atom. The van der Waals surface area contributed by atoms with E-state index in [2.05, 4.69) is 13.8 Å². The Bertz CT molecular complexity index is 893. The van der Waals surface area contributed by atoms with Gasteiger partial charge in [-0.15, -0.1) is 0 Å². The minimum atomic E-state index is -0.229. The number of benzene rings is 2. The molecule has 0 aromatic heterocycles. The Balaban J connectivity index is 2.29. The van der Waals surface area contributed by atoms with E-state index in [1.165, 1.54) is 14.2 Å². The van der Waals surface area contributed by atoms with E-state index in [1.54, 1.807) is 13.2 Å². The zero-order valence-electron chi connectivity index (χ0n) is 20.7. The van der Waals surface area contributed by atoms with Crippen LogP contribution in [-0.2, 0) is 27.1 Å². The predicted octanol–water partition coefficient (Wildman–Crippen LogP) is 4.74. The molecule has 0 unspecified atom stereocenters. The Hall–Kier alpha value is -2.81. The lowest BCUT2D eigenvalue weighted by atomic mass is 9.94. The van der Waals surface area contributed by atoms with Crippen LogP contribution in [-0.4, -0.2) is 52.6 Å². The van der Waals surface area contributed by atoms with Crippen molar-refractivity contribution >= 4 is 5.78 Å². The molecule has 8 heteroatoms. The molecule has 0 radical (unpaired) electrons. The molecule has 188 valence electrons. The van der Waals surface area contributed by atoms with Gasteiger partial charge in [-0.3, -0.25) is 4.79 Å². The number of rotatable bonds is 16. The van der Waals surface area contributed by atoms with Crippen molar-refractivity contribution < 1.29 is 38.3 Å². The lowest BCUT2D eigenvalue weighted by Crippen LogP contribution is -2.11. The number of ether oxygens (including phenoxy) is 6. The molecule has 0 fully saturated rings. The molecular weight excluding hydrogens is 440 g/mol. The van der Waals surface area contributed by atoms with Crippen molar-refractivity contribution in [2.75, 3.05) is 41.7 Å². The molecule has 34 heavy (non-hydrogen) atoms. The van der Waals surface area contributed by atoms with E-state index < -0.39 is 0 Å². The second-order valence-electron chi connectivity index (χ2n) is 8.23. The third-order valence-corrected chi connectivity index (χ3v) is 5.15. The molecule has 1 N–H and O–H groups in total. The smallest absolute Gasteiger partial charge is 0.188 e. The number of hydrogen-bond acceptors (Lipinski definition) is 8. The number of methoxy groups -OCH3 is 3. The molecule has 0 atom stereocenters. The fourth-order valence-electron chi connectivity index (χ4n) is 3.36. The highest BCUT2D eigenvalue weighted by molar-refractivity contribution is 6.02. The minimum absolute atomic E-state index is 0.00915. The quantitative estimate of drug-likeness (QED) is 0.274. The van der Waals surface area contributed by atoms with Gasteiger partial charge in [-0.2, -0.15) is 0 Å². The Labute approximate surface area is 201 Å². The SMILES string of the molecule is COCOc1ccc(CCC(=O)c2c(OCOC)cc(OCOC)c(CCC(C)C)c2O)cc1. The summed E-state index contributed by atoms with van der Waals surface area (Å²) in [4.78, 5) is 13.3. The van der Waals surface area contributed by atoms with Crippen LogP contribution in [0.3, 0.4) is 0 Å². The van der Waals surface area contributed by atoms with Crippen LogP contribution in [0.2, 0.25) is 0 Å². The molecule has 0 aliphatic rings. The number of Topliss-reactive ketones (excluding diaryl/α,β-unsaturated/α-hetero) is 1. The van der Waals surface area contributed by atoms with Gasteiger partial charge in [0, 0.05) is 39.4 Å². The van der Waals surface area contributed by atoms with Crippen LogP contribution in [0.25, 0.3) is 0 Å². The summed E-state index contributed by atoms with van der Waals surface area (Å²) in [6.07, 6.45) is 2.06. The molecule has 2 rings (SSSR count). The molecule has 2 aromatic carbocycles. The average molecular weight is 477 g/mol. The van der Waals surface area contributed by atoms with Crippen molar-refractivity contribution in [3.05, 3.63) is 47.0 Å². The molecule has 0 saturated heterocycles. The first-order valence-electron chi connectivity index (χ1n) is 11.3. The lowest BCUT2D eigenvalue weighted by molar-refractivity contribution is 0.0447. The number of carbonyl (C=O) groups is 1. The summed E-state index contributed by atoms with van der Waals surface area (Å²) in [5.41, 5.74) is 1.68. The number of aromatic hydroxyl groups is 1. The van der Waals surface area contributed by atoms with Gasteiger partial charge < -0.3 is 33.5 Å². The Kier molecular flexibility index (Phi) is 11.7. The molecule has 0 bridgehead atoms. The predicted molar refractivity (Wildman–Crippen MR) is 128 cm³/mol. The van der Waals surface area contributed by atoms with Crippen LogP contribution >= 0.6 is 0 Å². The van der Waals surface area contributed by atoms with Gasteiger partial charge >= 0.3 is 0 Å². The number of ketones is 1. The zero-order chi connectivity index (χ0) is 24.9. The lowest BCUT2D eigenvalue weighted by Gasteiger charge is -2.19. The van der Waals surface area contributed by atoms with Crippen molar-refractivity contribution in [2.24, 2.45) is 5.92 Å². The van der Waals surface area contributed by atoms with E-state index in [0.717, 1.165) is 12.0 Å². The molecule has 0 aliphatic carbocycles. The standard InChI is InChI=1S/C26H36O8/c1-18(2)6-12-21-23(33-16-30-4)14-24(34-17-31-5)25(26(21)28)22(27)13-9-19-7-10-20(11-8-19)32-15-29-3/h7-8,10-11,14,18,28H,6,9,12-13,15-17H2,1-5H3. The van der Waals surface area contributed by atoms with E-state index in [-0.39, 0.29) is 49.6 Å². The Morgan fingerprint density at radius 1 is 0.853 bits per heavy atom. The van der Waals surface area contributed by atoms with Gasteiger partial charge in [0.25, 0.3) is 0 Å². The number of carbonyl (C=O) groups excluding carboxylic acids is 1. The van der Waals surface area contributed by atoms with Gasteiger partial charge in [-0.05, 0) is 42.9 Å². The minimum Gasteiger partial charge on any atom is -0.507 e. The van der Waals surface area contributed by atoms with Gasteiger partial charge in [0.1, 0.15) is 28.6 Å². The van der Waals surface area contributed by atoms with Gasteiger partial charge in [0.2, 0.25) is 0 Å². The van der Waals surface area contributed by atoms with E-state index in [4.69, 9.17) is 28.4 Å². The van der Waals surface area contributed by atoms with Crippen LogP contribution in [0.1, 0.15) is 48.2 Å². The summed E-state index contributed by atoms with van der Waals surface area (Å²) in [6, 6.07) is 9.08. The number of phenols is 1. The summed E-state index contributed by atoms with van der Waals surface area (Å²) in [5.74, 6) is 1.39. The van der Waals surface area contributed by atoms with Crippen molar-refractivity contribution in [1.82, 2.24) is 0 Å². The first kappa shape index (κ1) is 27.4. The summed E-state index contributed by atoms with van der Waals surface area (Å²) < 4.78 is 31.7. The third-order valence-electron chi connectivity index (χ3n) is 5.15. The fourth-order valence-corrected chi connectivity index (χ4v) is 3.36. The molecule has 0 spiro atoms. The highest BCUT2D eigenvalue weighted by atomic mass is 16.7. The van der Waals surface area contributed by atoms with E-state index in [9.17, 15) is 9.90 Å². The number of hydrogen-bond donors (Lipinski definition) is 1. The van der Waals surface area contributed by atoms with Gasteiger partial charge in [0.15, 0.2) is 26.2 Å². The second-order valence-corrected chi connectivity index (χ2v) is 8.23. The fraction of sp³-hybridized carbons (Fsp3) is 0.500. The van der Waals surface area contributed by atoms with Crippen LogP contribution < -0.4 is 14.2 Å². The second kappa shape index (κ2) is 14.5. The highest BCUT2D eigenvalue weighted by Crippen LogP contribution is 2.41. The summed E-state index contributed by atoms with van der Waals surface area (Å²) in [5, 5.41) is 11.2. The van der Waals surface area contributed by atoms with E-state index in [0.29, 0.717) is 35.8 Å². The molecule has 0 heterocycles. The van der Waals surface area contributed by atoms with Gasteiger partial charge in [-0.1, -0.05) is 26.0 Å². The Morgan fingerprint density at radius 3 is 2.03 bits per heavy atom. The third kappa shape index (κ3) is 8.20.